The summed E-state index contributed by atoms with van der Waals surface area (Å²) in [5.41, 5.74) is 2.28. The van der Waals surface area contributed by atoms with Crippen molar-refractivity contribution in [1.29, 1.82) is 5.41 Å². The van der Waals surface area contributed by atoms with Gasteiger partial charge in [-0.05, 0) is 18.6 Å². The number of hydrogen-bond donors (Lipinski definition) is 1. The van der Waals surface area contributed by atoms with Gasteiger partial charge in [-0.1, -0.05) is 44.7 Å². The molecule has 0 aliphatic carbocycles. The van der Waals surface area contributed by atoms with Crippen LogP contribution in [0.1, 0.15) is 39.0 Å². The normalized spacial score (nSPS) is 11.0. The lowest BCUT2D eigenvalue weighted by molar-refractivity contribution is -0.141. The highest BCUT2D eigenvalue weighted by molar-refractivity contribution is 5.78. The van der Waals surface area contributed by atoms with E-state index in [4.69, 9.17) is 10.1 Å². The number of para-hydroxylation sites is 2. The number of imidazole rings is 1. The second kappa shape index (κ2) is 7.82. The van der Waals surface area contributed by atoms with Crippen LogP contribution in [0.4, 0.5) is 0 Å². The van der Waals surface area contributed by atoms with Gasteiger partial charge in [0.15, 0.2) is 0 Å². The van der Waals surface area contributed by atoms with Crippen LogP contribution in [0.15, 0.2) is 24.3 Å². The number of aromatic nitrogens is 2. The van der Waals surface area contributed by atoms with Crippen LogP contribution < -0.4 is 5.62 Å². The van der Waals surface area contributed by atoms with E-state index in [9.17, 15) is 4.79 Å². The Morgan fingerprint density at radius 3 is 2.36 bits per heavy atom. The van der Waals surface area contributed by atoms with Gasteiger partial charge in [-0.3, -0.25) is 14.8 Å². The summed E-state index contributed by atoms with van der Waals surface area (Å²) in [6, 6.07) is 7.86. The maximum Gasteiger partial charge on any atom is 0.325 e. The van der Waals surface area contributed by atoms with E-state index in [0.29, 0.717) is 5.62 Å². The van der Waals surface area contributed by atoms with E-state index < -0.39 is 0 Å². The number of unbranched alkanes of at least 4 members (excludes halogenated alkanes) is 4. The summed E-state index contributed by atoms with van der Waals surface area (Å²) in [5, 5.41) is 8.38. The van der Waals surface area contributed by atoms with Gasteiger partial charge in [0.2, 0.25) is 5.62 Å². The Balaban J connectivity index is 2.24. The monoisotopic (exact) mass is 303 g/mol. The third-order valence-corrected chi connectivity index (χ3v) is 3.97. The highest BCUT2D eigenvalue weighted by Crippen LogP contribution is 2.14. The first-order valence-electron chi connectivity index (χ1n) is 7.98. The SMILES string of the molecule is CCCCCCCn1c(=N)n(CC(=O)OC)c2ccccc21. The van der Waals surface area contributed by atoms with Crippen LogP contribution in [0.25, 0.3) is 11.0 Å². The van der Waals surface area contributed by atoms with Crippen molar-refractivity contribution in [2.45, 2.75) is 52.1 Å². The molecule has 0 bridgehead atoms. The van der Waals surface area contributed by atoms with Gasteiger partial charge in [0.1, 0.15) is 6.54 Å². The molecule has 1 heterocycles. The number of fused-ring (bicyclic) bond motifs is 1. The van der Waals surface area contributed by atoms with Gasteiger partial charge in [0.05, 0.1) is 18.1 Å². The van der Waals surface area contributed by atoms with Gasteiger partial charge in [0, 0.05) is 6.54 Å². The molecule has 0 amide bonds. The molecule has 1 aromatic heterocycles. The van der Waals surface area contributed by atoms with Crippen molar-refractivity contribution in [2.24, 2.45) is 0 Å². The molecule has 0 unspecified atom stereocenters. The van der Waals surface area contributed by atoms with Gasteiger partial charge >= 0.3 is 5.97 Å². The molecule has 2 aromatic rings. The lowest BCUT2D eigenvalue weighted by atomic mass is 10.1. The largest absolute Gasteiger partial charge is 0.468 e. The number of carbonyl (C=O) groups is 1. The number of methoxy groups -OCH3 is 1. The highest BCUT2D eigenvalue weighted by Gasteiger charge is 2.13. The fourth-order valence-corrected chi connectivity index (χ4v) is 2.75. The molecule has 0 aliphatic heterocycles. The number of nitrogens with one attached hydrogen (secondary N) is 1. The van der Waals surface area contributed by atoms with Gasteiger partial charge in [0.25, 0.3) is 0 Å². The van der Waals surface area contributed by atoms with Crippen LogP contribution in [0.2, 0.25) is 0 Å². The Hall–Kier alpha value is -2.04. The minimum atomic E-state index is -0.329. The predicted octanol–water partition coefficient (Wildman–Crippen LogP) is 3.07. The first-order chi connectivity index (χ1) is 10.7. The van der Waals surface area contributed by atoms with Crippen molar-refractivity contribution in [1.82, 2.24) is 9.13 Å². The second-order valence-corrected chi connectivity index (χ2v) is 5.54. The fraction of sp³-hybridized carbons (Fsp3) is 0.529. The smallest absolute Gasteiger partial charge is 0.325 e. The van der Waals surface area contributed by atoms with Crippen LogP contribution in [-0.4, -0.2) is 22.2 Å². The van der Waals surface area contributed by atoms with E-state index >= 15 is 0 Å². The summed E-state index contributed by atoms with van der Waals surface area (Å²) in [6.07, 6.45) is 5.97. The van der Waals surface area contributed by atoms with E-state index in [-0.39, 0.29) is 12.5 Å². The number of rotatable bonds is 8. The molecular weight excluding hydrogens is 278 g/mol. The summed E-state index contributed by atoms with van der Waals surface area (Å²) in [5.74, 6) is -0.329. The van der Waals surface area contributed by atoms with E-state index in [1.54, 1.807) is 4.57 Å². The van der Waals surface area contributed by atoms with Crippen molar-refractivity contribution < 1.29 is 9.53 Å². The quantitative estimate of drug-likeness (QED) is 0.602. The molecule has 2 rings (SSSR count). The first kappa shape index (κ1) is 16.3. The molecule has 0 saturated carbocycles. The minimum absolute atomic E-state index is 0.0820. The zero-order valence-electron chi connectivity index (χ0n) is 13.5. The van der Waals surface area contributed by atoms with Crippen LogP contribution in [-0.2, 0) is 22.6 Å². The Kier molecular flexibility index (Phi) is 5.81. The number of nitrogens with zero attached hydrogens (tertiary/aromatic N) is 2. The average molecular weight is 303 g/mol. The third-order valence-electron chi connectivity index (χ3n) is 3.97. The first-order valence-corrected chi connectivity index (χ1v) is 7.98. The molecule has 1 aromatic carbocycles. The maximum absolute atomic E-state index is 11.6. The molecule has 22 heavy (non-hydrogen) atoms. The number of esters is 1. The molecule has 5 nitrogen and oxygen atoms in total. The molecule has 0 radical (unpaired) electrons. The summed E-state index contributed by atoms with van der Waals surface area (Å²) >= 11 is 0. The summed E-state index contributed by atoms with van der Waals surface area (Å²) in [4.78, 5) is 11.6. The molecule has 1 N–H and O–H groups in total. The van der Waals surface area contributed by atoms with Crippen molar-refractivity contribution in [3.8, 4) is 0 Å². The predicted molar refractivity (Wildman–Crippen MR) is 86.6 cm³/mol. The Labute approximate surface area is 131 Å². The Bertz CT molecular complexity index is 685. The third kappa shape index (κ3) is 3.59. The number of hydrogen-bond acceptors (Lipinski definition) is 3. The summed E-state index contributed by atoms with van der Waals surface area (Å²) in [6.45, 7) is 3.10. The Morgan fingerprint density at radius 1 is 1.09 bits per heavy atom. The highest BCUT2D eigenvalue weighted by atomic mass is 16.5. The van der Waals surface area contributed by atoms with Crippen molar-refractivity contribution in [2.75, 3.05) is 7.11 Å². The molecule has 0 fully saturated rings. The number of aryl methyl sites for hydroxylation is 1. The molecule has 0 saturated heterocycles. The Morgan fingerprint density at radius 2 is 1.73 bits per heavy atom. The van der Waals surface area contributed by atoms with Crippen molar-refractivity contribution >= 4 is 17.0 Å². The zero-order valence-corrected chi connectivity index (χ0v) is 13.5. The van der Waals surface area contributed by atoms with Crippen LogP contribution in [0, 0.1) is 5.41 Å². The molecule has 120 valence electrons. The summed E-state index contributed by atoms with van der Waals surface area (Å²) < 4.78 is 8.45. The lowest BCUT2D eigenvalue weighted by Gasteiger charge is -2.04. The number of ether oxygens (including phenoxy) is 1. The molecule has 0 atom stereocenters. The minimum Gasteiger partial charge on any atom is -0.468 e. The zero-order chi connectivity index (χ0) is 15.9. The van der Waals surface area contributed by atoms with Crippen molar-refractivity contribution in [3.63, 3.8) is 0 Å². The second-order valence-electron chi connectivity index (χ2n) is 5.54. The van der Waals surface area contributed by atoms with Gasteiger partial charge < -0.3 is 9.30 Å². The van der Waals surface area contributed by atoms with E-state index in [2.05, 4.69) is 6.92 Å². The van der Waals surface area contributed by atoms with Crippen LogP contribution >= 0.6 is 0 Å². The van der Waals surface area contributed by atoms with E-state index in [1.807, 2.05) is 28.8 Å². The van der Waals surface area contributed by atoms with Crippen molar-refractivity contribution in [3.05, 3.63) is 29.9 Å². The fourth-order valence-electron chi connectivity index (χ4n) is 2.75. The maximum atomic E-state index is 11.6. The van der Waals surface area contributed by atoms with E-state index in [1.165, 1.54) is 32.8 Å². The van der Waals surface area contributed by atoms with Crippen LogP contribution in [0.3, 0.4) is 0 Å². The number of benzene rings is 1. The topological polar surface area (TPSA) is 60.0 Å². The van der Waals surface area contributed by atoms with Crippen LogP contribution in [0.5, 0.6) is 0 Å². The molecule has 0 aliphatic rings. The van der Waals surface area contributed by atoms with E-state index in [0.717, 1.165) is 24.0 Å². The average Bonchev–Trinajstić information content (AvgIpc) is 2.80. The van der Waals surface area contributed by atoms with Gasteiger partial charge in [-0.25, -0.2) is 0 Å². The molecular formula is C17H25N3O2. The van der Waals surface area contributed by atoms with Gasteiger partial charge in [-0.2, -0.15) is 0 Å². The lowest BCUT2D eigenvalue weighted by Crippen LogP contribution is -2.27. The summed E-state index contributed by atoms with van der Waals surface area (Å²) in [7, 11) is 1.37. The van der Waals surface area contributed by atoms with Gasteiger partial charge in [-0.15, -0.1) is 0 Å². The molecule has 0 spiro atoms. The standard InChI is InChI=1S/C17H25N3O2/c1-3-4-5-6-9-12-19-14-10-7-8-11-15(14)20(17(19)18)13-16(21)22-2/h7-8,10-11,18H,3-6,9,12-13H2,1-2H3. The molecule has 5 heteroatoms. The number of carbonyl (C=O) groups excluding carboxylic acids is 1.